The van der Waals surface area contributed by atoms with Crippen LogP contribution in [0.15, 0.2) is 12.4 Å². The average molecular weight is 195 g/mol. The van der Waals surface area contributed by atoms with E-state index in [9.17, 15) is 0 Å². The number of hydrogen-bond donors (Lipinski definition) is 0. The molecule has 2 heterocycles. The van der Waals surface area contributed by atoms with E-state index in [-0.39, 0.29) is 0 Å². The van der Waals surface area contributed by atoms with Crippen molar-refractivity contribution >= 4 is 0 Å². The topological polar surface area (TPSA) is 21.1 Å². The van der Waals surface area contributed by atoms with Crippen molar-refractivity contribution < 1.29 is 0 Å². The lowest BCUT2D eigenvalue weighted by molar-refractivity contribution is 0.277. The van der Waals surface area contributed by atoms with Crippen molar-refractivity contribution in [2.45, 2.75) is 26.2 Å². The van der Waals surface area contributed by atoms with Crippen LogP contribution in [0, 0.1) is 6.92 Å². The van der Waals surface area contributed by atoms with Gasteiger partial charge >= 0.3 is 0 Å². The Morgan fingerprint density at radius 1 is 1.14 bits per heavy atom. The highest BCUT2D eigenvalue weighted by molar-refractivity contribution is 4.85. The van der Waals surface area contributed by atoms with Gasteiger partial charge in [-0.15, -0.1) is 0 Å². The molecular formula is C11H21N3. The van der Waals surface area contributed by atoms with Crippen molar-refractivity contribution in [3.8, 4) is 0 Å². The predicted octanol–water partition coefficient (Wildman–Crippen LogP) is 1.83. The number of imidazole rings is 1. The second-order valence-corrected chi connectivity index (χ2v) is 3.95. The molecule has 0 radical (unpaired) electrons. The zero-order chi connectivity index (χ0) is 10.4. The Hall–Kier alpha value is -0.830. The third-order valence-electron chi connectivity index (χ3n) is 2.64. The summed E-state index contributed by atoms with van der Waals surface area (Å²) in [7, 11) is 4.17. The van der Waals surface area contributed by atoms with Gasteiger partial charge in [0.2, 0.25) is 0 Å². The molecule has 3 heteroatoms. The van der Waals surface area contributed by atoms with E-state index in [1.54, 1.807) is 6.20 Å². The monoisotopic (exact) mass is 195 g/mol. The van der Waals surface area contributed by atoms with Crippen LogP contribution in [-0.4, -0.2) is 34.6 Å². The fourth-order valence-electron chi connectivity index (χ4n) is 1.49. The van der Waals surface area contributed by atoms with Gasteiger partial charge in [0.25, 0.3) is 0 Å². The highest BCUT2D eigenvalue weighted by atomic mass is 15.1. The number of aryl methyl sites for hydroxylation is 2. The average Bonchev–Trinajstić information content (AvgIpc) is 2.53. The first-order valence-electron chi connectivity index (χ1n) is 5.32. The minimum atomic E-state index is 1.06. The normalized spacial score (nSPS) is 17.4. The van der Waals surface area contributed by atoms with Crippen molar-refractivity contribution in [2.75, 3.05) is 20.1 Å². The van der Waals surface area contributed by atoms with Gasteiger partial charge in [-0.05, 0) is 39.9 Å². The van der Waals surface area contributed by atoms with Gasteiger partial charge in [0.05, 0.1) is 0 Å². The molecule has 80 valence electrons. The SMILES string of the molecule is CN1CCCCC1.Cc1nccn1C. The highest BCUT2D eigenvalue weighted by Crippen LogP contribution is 2.04. The molecule has 2 rings (SSSR count). The van der Waals surface area contributed by atoms with Gasteiger partial charge in [0.1, 0.15) is 5.82 Å². The number of hydrogen-bond acceptors (Lipinski definition) is 2. The van der Waals surface area contributed by atoms with E-state index in [0.29, 0.717) is 0 Å². The van der Waals surface area contributed by atoms with Crippen LogP contribution in [-0.2, 0) is 7.05 Å². The molecule has 0 saturated carbocycles. The van der Waals surface area contributed by atoms with E-state index in [1.807, 2.05) is 24.7 Å². The number of rotatable bonds is 0. The van der Waals surface area contributed by atoms with E-state index in [0.717, 1.165) is 5.82 Å². The minimum Gasteiger partial charge on any atom is -0.338 e. The number of nitrogens with zero attached hydrogens (tertiary/aromatic N) is 3. The summed E-state index contributed by atoms with van der Waals surface area (Å²) in [5.74, 6) is 1.06. The highest BCUT2D eigenvalue weighted by Gasteiger charge is 2.02. The van der Waals surface area contributed by atoms with E-state index in [1.165, 1.54) is 32.4 Å². The van der Waals surface area contributed by atoms with E-state index in [2.05, 4.69) is 16.9 Å². The summed E-state index contributed by atoms with van der Waals surface area (Å²) in [5, 5.41) is 0. The lowest BCUT2D eigenvalue weighted by atomic mass is 10.1. The summed E-state index contributed by atoms with van der Waals surface area (Å²) in [6.07, 6.45) is 7.99. The summed E-state index contributed by atoms with van der Waals surface area (Å²) in [6, 6.07) is 0. The fraction of sp³-hybridized carbons (Fsp3) is 0.727. The molecule has 14 heavy (non-hydrogen) atoms. The Labute approximate surface area is 86.7 Å². The molecule has 0 aliphatic carbocycles. The molecule has 1 aliphatic rings. The third kappa shape index (κ3) is 3.92. The van der Waals surface area contributed by atoms with Gasteiger partial charge in [0.15, 0.2) is 0 Å². The Bertz CT molecular complexity index is 232. The molecule has 0 unspecified atom stereocenters. The van der Waals surface area contributed by atoms with Gasteiger partial charge in [-0.1, -0.05) is 6.42 Å². The molecule has 0 N–H and O–H groups in total. The van der Waals surface area contributed by atoms with Gasteiger partial charge in [-0.25, -0.2) is 4.98 Å². The lowest BCUT2D eigenvalue weighted by Gasteiger charge is -2.20. The van der Waals surface area contributed by atoms with E-state index < -0.39 is 0 Å². The molecule has 0 spiro atoms. The Morgan fingerprint density at radius 3 is 2.00 bits per heavy atom. The second-order valence-electron chi connectivity index (χ2n) is 3.95. The third-order valence-corrected chi connectivity index (χ3v) is 2.64. The Balaban J connectivity index is 0.000000140. The number of likely N-dealkylation sites (tertiary alicyclic amines) is 1. The molecule has 0 amide bonds. The van der Waals surface area contributed by atoms with Gasteiger partial charge in [-0.2, -0.15) is 0 Å². The molecule has 1 fully saturated rings. The molecule has 1 aromatic rings. The molecule has 0 bridgehead atoms. The summed E-state index contributed by atoms with van der Waals surface area (Å²) in [5.41, 5.74) is 0. The summed E-state index contributed by atoms with van der Waals surface area (Å²) < 4.78 is 1.97. The van der Waals surface area contributed by atoms with Crippen LogP contribution in [0.5, 0.6) is 0 Å². The zero-order valence-electron chi connectivity index (χ0n) is 9.53. The van der Waals surface area contributed by atoms with Gasteiger partial charge in [-0.3, -0.25) is 0 Å². The molecule has 1 aliphatic heterocycles. The first kappa shape index (κ1) is 11.2. The van der Waals surface area contributed by atoms with Crippen molar-refractivity contribution in [3.63, 3.8) is 0 Å². The standard InChI is InChI=1S/C6H13N.C5H8N2/c1-7-5-3-2-4-6-7;1-5-6-3-4-7(5)2/h2-6H2,1H3;3-4H,1-2H3. The molecule has 0 atom stereocenters. The van der Waals surface area contributed by atoms with Gasteiger partial charge < -0.3 is 9.47 Å². The largest absolute Gasteiger partial charge is 0.338 e. The maximum Gasteiger partial charge on any atom is 0.105 e. The maximum atomic E-state index is 3.98. The fourth-order valence-corrected chi connectivity index (χ4v) is 1.49. The molecule has 1 saturated heterocycles. The van der Waals surface area contributed by atoms with Crippen LogP contribution < -0.4 is 0 Å². The Kier molecular flexibility index (Phi) is 4.66. The minimum absolute atomic E-state index is 1.06. The van der Waals surface area contributed by atoms with Crippen LogP contribution in [0.3, 0.4) is 0 Å². The molecule has 3 nitrogen and oxygen atoms in total. The van der Waals surface area contributed by atoms with Crippen LogP contribution >= 0.6 is 0 Å². The van der Waals surface area contributed by atoms with Crippen LogP contribution in [0.4, 0.5) is 0 Å². The van der Waals surface area contributed by atoms with Crippen LogP contribution in [0.1, 0.15) is 25.1 Å². The molecule has 0 aromatic carbocycles. The first-order chi connectivity index (χ1) is 6.70. The smallest absolute Gasteiger partial charge is 0.105 e. The van der Waals surface area contributed by atoms with Crippen molar-refractivity contribution in [2.24, 2.45) is 7.05 Å². The maximum absolute atomic E-state index is 3.98. The van der Waals surface area contributed by atoms with E-state index in [4.69, 9.17) is 0 Å². The second kappa shape index (κ2) is 5.81. The Morgan fingerprint density at radius 2 is 1.79 bits per heavy atom. The van der Waals surface area contributed by atoms with Crippen molar-refractivity contribution in [3.05, 3.63) is 18.2 Å². The summed E-state index contributed by atoms with van der Waals surface area (Å²) >= 11 is 0. The quantitative estimate of drug-likeness (QED) is 0.630. The van der Waals surface area contributed by atoms with Crippen molar-refractivity contribution in [1.82, 2.24) is 14.5 Å². The molecule has 1 aromatic heterocycles. The van der Waals surface area contributed by atoms with Crippen molar-refractivity contribution in [1.29, 1.82) is 0 Å². The summed E-state index contributed by atoms with van der Waals surface area (Å²) in [4.78, 5) is 6.37. The lowest BCUT2D eigenvalue weighted by Crippen LogP contribution is -2.24. The zero-order valence-corrected chi connectivity index (χ0v) is 9.53. The van der Waals surface area contributed by atoms with E-state index >= 15 is 0 Å². The van der Waals surface area contributed by atoms with Gasteiger partial charge in [0, 0.05) is 19.4 Å². The van der Waals surface area contributed by atoms with Crippen LogP contribution in [0.25, 0.3) is 0 Å². The number of aromatic nitrogens is 2. The summed E-state index contributed by atoms with van der Waals surface area (Å²) in [6.45, 7) is 4.61. The predicted molar refractivity (Wildman–Crippen MR) is 59.3 cm³/mol. The van der Waals surface area contributed by atoms with Crippen LogP contribution in [0.2, 0.25) is 0 Å². The molecular weight excluding hydrogens is 174 g/mol. The first-order valence-corrected chi connectivity index (χ1v) is 5.32. The number of piperidine rings is 1.